The molecule has 32 heavy (non-hydrogen) atoms. The smallest absolute Gasteiger partial charge is 0.350 e. The Morgan fingerprint density at radius 2 is 2.03 bits per heavy atom. The van der Waals surface area contributed by atoms with E-state index in [1.165, 1.54) is 23.5 Å². The van der Waals surface area contributed by atoms with Gasteiger partial charge in [0.25, 0.3) is 5.69 Å². The fraction of sp³-hybridized carbons (Fsp3) is 0.136. The van der Waals surface area contributed by atoms with E-state index in [0.717, 1.165) is 27.7 Å². The van der Waals surface area contributed by atoms with Crippen LogP contribution < -0.4 is 5.43 Å². The number of carbonyl (C=O) groups is 1. The molecule has 0 aliphatic rings. The van der Waals surface area contributed by atoms with Gasteiger partial charge in [-0.1, -0.05) is 29.5 Å². The lowest BCUT2D eigenvalue weighted by molar-refractivity contribution is -0.384. The standard InChI is InChI=1S/C22H19N5O4S/c1-3-31-21(28)20-13(2)24-22(32-20)26-23-12-17-16-6-4-5-7-18(16)25-19(17)14-8-10-15(11-9-14)27(29)30/h4-12,25H,3H2,1-2H3,(H,24,26)/b23-12+. The van der Waals surface area contributed by atoms with Crippen LogP contribution in [0, 0.1) is 17.0 Å². The highest BCUT2D eigenvalue weighted by Gasteiger charge is 2.16. The van der Waals surface area contributed by atoms with Crippen molar-refractivity contribution in [2.45, 2.75) is 13.8 Å². The van der Waals surface area contributed by atoms with Crippen LogP contribution in [0.3, 0.4) is 0 Å². The van der Waals surface area contributed by atoms with E-state index in [1.54, 1.807) is 32.2 Å². The number of H-pyrrole nitrogens is 1. The average Bonchev–Trinajstić information content (AvgIpc) is 3.34. The minimum absolute atomic E-state index is 0.0262. The molecule has 0 fully saturated rings. The van der Waals surface area contributed by atoms with E-state index < -0.39 is 10.9 Å². The molecule has 0 unspecified atom stereocenters. The fourth-order valence-corrected chi connectivity index (χ4v) is 4.07. The number of anilines is 1. The number of esters is 1. The van der Waals surface area contributed by atoms with Crippen molar-refractivity contribution in [2.75, 3.05) is 12.0 Å². The molecule has 2 heterocycles. The van der Waals surface area contributed by atoms with Crippen molar-refractivity contribution in [3.8, 4) is 11.3 Å². The van der Waals surface area contributed by atoms with Crippen molar-refractivity contribution in [3.05, 3.63) is 74.8 Å². The number of aromatic amines is 1. The number of nitrogens with zero attached hydrogens (tertiary/aromatic N) is 3. The second-order valence-corrected chi connectivity index (χ2v) is 7.79. The number of nitrogens with one attached hydrogen (secondary N) is 2. The van der Waals surface area contributed by atoms with Crippen LogP contribution in [-0.2, 0) is 4.74 Å². The van der Waals surface area contributed by atoms with E-state index in [1.807, 2.05) is 24.3 Å². The maximum Gasteiger partial charge on any atom is 0.350 e. The topological polar surface area (TPSA) is 123 Å². The third-order valence-electron chi connectivity index (χ3n) is 4.72. The van der Waals surface area contributed by atoms with E-state index in [2.05, 4.69) is 20.5 Å². The number of aromatic nitrogens is 2. The molecule has 2 aromatic heterocycles. The summed E-state index contributed by atoms with van der Waals surface area (Å²) in [5.41, 5.74) is 6.79. The highest BCUT2D eigenvalue weighted by molar-refractivity contribution is 7.17. The number of carbonyl (C=O) groups excluding carboxylic acids is 1. The molecule has 0 saturated heterocycles. The summed E-state index contributed by atoms with van der Waals surface area (Å²) in [7, 11) is 0. The molecule has 4 rings (SSSR count). The van der Waals surface area contributed by atoms with E-state index >= 15 is 0 Å². The molecule has 2 aromatic carbocycles. The van der Waals surface area contributed by atoms with Gasteiger partial charge in [-0.2, -0.15) is 5.10 Å². The number of aryl methyl sites for hydroxylation is 1. The number of hydrazone groups is 1. The first kappa shape index (κ1) is 21.2. The van der Waals surface area contributed by atoms with Gasteiger partial charge in [0, 0.05) is 28.6 Å². The minimum atomic E-state index is -0.429. The van der Waals surface area contributed by atoms with Gasteiger partial charge in [0.1, 0.15) is 4.88 Å². The van der Waals surface area contributed by atoms with Crippen LogP contribution in [0.4, 0.5) is 10.8 Å². The number of thiazole rings is 1. The van der Waals surface area contributed by atoms with Gasteiger partial charge in [-0.25, -0.2) is 9.78 Å². The summed E-state index contributed by atoms with van der Waals surface area (Å²) in [5.74, 6) is -0.406. The lowest BCUT2D eigenvalue weighted by Crippen LogP contribution is -2.03. The zero-order chi connectivity index (χ0) is 22.7. The van der Waals surface area contributed by atoms with Crippen LogP contribution >= 0.6 is 11.3 Å². The van der Waals surface area contributed by atoms with Crippen molar-refractivity contribution >= 4 is 45.2 Å². The van der Waals surface area contributed by atoms with Crippen LogP contribution in [0.2, 0.25) is 0 Å². The molecule has 0 bridgehead atoms. The largest absolute Gasteiger partial charge is 0.462 e. The molecule has 0 amide bonds. The maximum absolute atomic E-state index is 12.0. The quantitative estimate of drug-likeness (QED) is 0.174. The summed E-state index contributed by atoms with van der Waals surface area (Å²) in [6, 6.07) is 14.1. The summed E-state index contributed by atoms with van der Waals surface area (Å²) < 4.78 is 5.04. The number of hydrogen-bond acceptors (Lipinski definition) is 8. The Labute approximate surface area is 186 Å². The number of rotatable bonds is 7. The lowest BCUT2D eigenvalue weighted by Gasteiger charge is -2.01. The van der Waals surface area contributed by atoms with Gasteiger partial charge in [0.2, 0.25) is 5.13 Å². The molecular weight excluding hydrogens is 430 g/mol. The zero-order valence-corrected chi connectivity index (χ0v) is 18.1. The molecule has 10 heteroatoms. The number of ether oxygens (including phenoxy) is 1. The average molecular weight is 449 g/mol. The van der Waals surface area contributed by atoms with Gasteiger partial charge < -0.3 is 9.72 Å². The molecule has 0 spiro atoms. The second-order valence-electron chi connectivity index (χ2n) is 6.79. The third-order valence-corrected chi connectivity index (χ3v) is 5.77. The van der Waals surface area contributed by atoms with Gasteiger partial charge in [-0.05, 0) is 37.6 Å². The predicted octanol–water partition coefficient (Wildman–Crippen LogP) is 5.13. The molecule has 2 N–H and O–H groups in total. The van der Waals surface area contributed by atoms with E-state index in [9.17, 15) is 14.9 Å². The highest BCUT2D eigenvalue weighted by Crippen LogP contribution is 2.30. The van der Waals surface area contributed by atoms with Crippen LogP contribution in [0.25, 0.3) is 22.2 Å². The maximum atomic E-state index is 12.0. The molecule has 0 radical (unpaired) electrons. The Hall–Kier alpha value is -4.05. The van der Waals surface area contributed by atoms with Crippen LogP contribution in [0.5, 0.6) is 0 Å². The second kappa shape index (κ2) is 8.98. The Balaban J connectivity index is 1.65. The van der Waals surface area contributed by atoms with Crippen LogP contribution in [0.1, 0.15) is 27.9 Å². The molecule has 9 nitrogen and oxygen atoms in total. The predicted molar refractivity (Wildman–Crippen MR) is 124 cm³/mol. The summed E-state index contributed by atoms with van der Waals surface area (Å²) in [6.07, 6.45) is 1.66. The van der Waals surface area contributed by atoms with E-state index in [0.29, 0.717) is 22.3 Å². The monoisotopic (exact) mass is 449 g/mol. The summed E-state index contributed by atoms with van der Waals surface area (Å²) in [4.78, 5) is 30.6. The van der Waals surface area contributed by atoms with Crippen molar-refractivity contribution in [1.29, 1.82) is 0 Å². The Morgan fingerprint density at radius 3 is 2.75 bits per heavy atom. The van der Waals surface area contributed by atoms with Crippen LogP contribution in [-0.4, -0.2) is 33.7 Å². The normalized spacial score (nSPS) is 11.2. The molecule has 0 aliphatic heterocycles. The number of non-ortho nitro benzene ring substituents is 1. The van der Waals surface area contributed by atoms with Crippen molar-refractivity contribution in [3.63, 3.8) is 0 Å². The SMILES string of the molecule is CCOC(=O)c1sc(N/N=C/c2c(-c3ccc([N+](=O)[O-])cc3)[nH]c3ccccc23)nc1C. The van der Waals surface area contributed by atoms with Crippen molar-refractivity contribution < 1.29 is 14.5 Å². The van der Waals surface area contributed by atoms with Crippen molar-refractivity contribution in [1.82, 2.24) is 9.97 Å². The first-order valence-corrected chi connectivity index (χ1v) is 10.6. The van der Waals surface area contributed by atoms with Gasteiger partial charge >= 0.3 is 5.97 Å². The molecule has 0 aliphatic carbocycles. The van der Waals surface area contributed by atoms with E-state index in [-0.39, 0.29) is 5.69 Å². The first-order valence-electron chi connectivity index (χ1n) is 9.77. The number of benzene rings is 2. The van der Waals surface area contributed by atoms with Gasteiger partial charge in [-0.15, -0.1) is 0 Å². The highest BCUT2D eigenvalue weighted by atomic mass is 32.1. The van der Waals surface area contributed by atoms with Crippen molar-refractivity contribution in [2.24, 2.45) is 5.10 Å². The summed E-state index contributed by atoms with van der Waals surface area (Å²) in [5, 5.41) is 16.7. The number of hydrogen-bond donors (Lipinski definition) is 2. The number of para-hydroxylation sites is 1. The third kappa shape index (κ3) is 4.21. The Kier molecular flexibility index (Phi) is 5.95. The van der Waals surface area contributed by atoms with Gasteiger partial charge in [-0.3, -0.25) is 15.5 Å². The summed E-state index contributed by atoms with van der Waals surface area (Å²) >= 11 is 1.17. The summed E-state index contributed by atoms with van der Waals surface area (Å²) in [6.45, 7) is 3.79. The number of fused-ring (bicyclic) bond motifs is 1. The van der Waals surface area contributed by atoms with Gasteiger partial charge in [0.15, 0.2) is 0 Å². The fourth-order valence-electron chi connectivity index (χ4n) is 3.26. The lowest BCUT2D eigenvalue weighted by atomic mass is 10.1. The Morgan fingerprint density at radius 1 is 1.28 bits per heavy atom. The van der Waals surface area contributed by atoms with E-state index in [4.69, 9.17) is 4.74 Å². The Bertz CT molecular complexity index is 1320. The van der Waals surface area contributed by atoms with Crippen LogP contribution in [0.15, 0.2) is 53.6 Å². The minimum Gasteiger partial charge on any atom is -0.462 e. The number of nitro groups is 1. The van der Waals surface area contributed by atoms with Gasteiger partial charge in [0.05, 0.1) is 29.1 Å². The first-order chi connectivity index (χ1) is 15.5. The molecule has 0 saturated carbocycles. The zero-order valence-electron chi connectivity index (χ0n) is 17.3. The number of nitro benzene ring substituents is 1. The molecular formula is C22H19N5O4S. The molecule has 0 atom stereocenters. The molecule has 4 aromatic rings. The molecule has 162 valence electrons.